The molecular formula is C47H47Cl2N11O5. The van der Waals surface area contributed by atoms with Gasteiger partial charge in [-0.2, -0.15) is 0 Å². The number of carbonyl (C=O) groups is 5. The highest BCUT2D eigenvalue weighted by molar-refractivity contribution is 6.39. The van der Waals surface area contributed by atoms with Gasteiger partial charge in [0.05, 0.1) is 33.1 Å². The van der Waals surface area contributed by atoms with Crippen molar-refractivity contribution < 1.29 is 24.0 Å². The summed E-state index contributed by atoms with van der Waals surface area (Å²) < 4.78 is 2.05. The molecule has 5 amide bonds. The van der Waals surface area contributed by atoms with Crippen molar-refractivity contribution in [2.45, 2.75) is 75.5 Å². The molecule has 11 rings (SSSR count). The zero-order valence-electron chi connectivity index (χ0n) is 35.5. The van der Waals surface area contributed by atoms with Crippen molar-refractivity contribution in [1.82, 2.24) is 40.0 Å². The van der Waals surface area contributed by atoms with Crippen LogP contribution in [0.1, 0.15) is 88.5 Å². The van der Waals surface area contributed by atoms with Gasteiger partial charge in [0.1, 0.15) is 12.4 Å². The number of anilines is 4. The molecule has 16 nitrogen and oxygen atoms in total. The van der Waals surface area contributed by atoms with E-state index >= 15 is 0 Å². The SMILES string of the molecule is O=C1CCC(N2C(=O)c3ccc(N4CCC5(CC4)CC(N4CCN(c6ccc(Nc7ncnc8c7ncn8C7CC(NC(=O)c8c(Cl)cccc8Cl)C7)cc6)CC4)C5)cc3C2=O)C(=O)N1. The average molecular weight is 917 g/mol. The number of halogens is 2. The van der Waals surface area contributed by atoms with Crippen LogP contribution in [-0.2, 0) is 9.59 Å². The van der Waals surface area contributed by atoms with Crippen LogP contribution in [-0.4, -0.2) is 116 Å². The molecule has 5 fully saturated rings. The van der Waals surface area contributed by atoms with Crippen LogP contribution in [0.5, 0.6) is 0 Å². The standard InChI is InChI=1S/C47H47Cl2N11O5/c48-35-2-1-3-36(49)39(35)44(63)54-28-20-31(21-28)59-26-52-40-41(50-25-51-42(40)59)53-27-4-6-29(7-5-27)57-16-18-58(19-17-57)32-23-47(24-32)12-14-56(15-13-47)30-8-9-33-34(22-30)46(65)60(45(33)64)37-10-11-38(61)55-43(37)62/h1-9,22,25-26,28,31-32,37H,10-21,23-24H2,(H,54,63)(H,50,51,53)(H,55,61,62). The van der Waals surface area contributed by atoms with E-state index in [-0.39, 0.29) is 36.7 Å². The van der Waals surface area contributed by atoms with Crippen LogP contribution in [0.3, 0.4) is 0 Å². The van der Waals surface area contributed by atoms with Gasteiger partial charge in [-0.05, 0) is 105 Å². The summed E-state index contributed by atoms with van der Waals surface area (Å²) in [6.45, 7) is 5.76. The zero-order chi connectivity index (χ0) is 44.6. The van der Waals surface area contributed by atoms with Gasteiger partial charge in [0, 0.05) is 80.9 Å². The number of nitrogens with one attached hydrogen (secondary N) is 3. The molecular weight excluding hydrogens is 869 g/mol. The van der Waals surface area contributed by atoms with Crippen molar-refractivity contribution in [2.75, 3.05) is 54.4 Å². The van der Waals surface area contributed by atoms with E-state index in [4.69, 9.17) is 23.2 Å². The summed E-state index contributed by atoms with van der Waals surface area (Å²) in [6, 6.07) is 18.7. The van der Waals surface area contributed by atoms with Gasteiger partial charge in [0.25, 0.3) is 17.7 Å². The van der Waals surface area contributed by atoms with Crippen LogP contribution in [0.15, 0.2) is 73.3 Å². The number of hydrogen-bond donors (Lipinski definition) is 3. The van der Waals surface area contributed by atoms with Crippen molar-refractivity contribution in [3.8, 4) is 0 Å². The van der Waals surface area contributed by atoms with Gasteiger partial charge in [-0.1, -0.05) is 29.3 Å². The number of piperidine rings is 2. The van der Waals surface area contributed by atoms with E-state index in [2.05, 4.69) is 74.4 Å². The molecule has 2 saturated carbocycles. The van der Waals surface area contributed by atoms with Gasteiger partial charge < -0.3 is 25.0 Å². The first-order chi connectivity index (χ1) is 31.5. The maximum Gasteiger partial charge on any atom is 0.262 e. The molecule has 0 radical (unpaired) electrons. The maximum absolute atomic E-state index is 13.4. The van der Waals surface area contributed by atoms with Crippen LogP contribution < -0.4 is 25.8 Å². The summed E-state index contributed by atoms with van der Waals surface area (Å²) in [5, 5.41) is 9.41. The molecule has 3 N–H and O–H groups in total. The Morgan fingerprint density at radius 3 is 2.18 bits per heavy atom. The Balaban J connectivity index is 0.639. The number of imidazole rings is 1. The molecule has 4 aliphatic heterocycles. The first-order valence-corrected chi connectivity index (χ1v) is 23.2. The predicted octanol–water partition coefficient (Wildman–Crippen LogP) is 5.98. The number of fused-ring (bicyclic) bond motifs is 2. The zero-order valence-corrected chi connectivity index (χ0v) is 37.0. The number of imide groups is 2. The van der Waals surface area contributed by atoms with Crippen molar-refractivity contribution in [3.05, 3.63) is 100 Å². The number of carbonyl (C=O) groups excluding carboxylic acids is 5. The summed E-state index contributed by atoms with van der Waals surface area (Å²) in [6.07, 6.45) is 9.62. The Hall–Kier alpha value is -6.10. The molecule has 334 valence electrons. The molecule has 1 unspecified atom stereocenters. The molecule has 0 bridgehead atoms. The lowest BCUT2D eigenvalue weighted by molar-refractivity contribution is -0.136. The fourth-order valence-corrected chi connectivity index (χ4v) is 11.4. The van der Waals surface area contributed by atoms with E-state index in [1.54, 1.807) is 43.0 Å². The Morgan fingerprint density at radius 1 is 0.769 bits per heavy atom. The summed E-state index contributed by atoms with van der Waals surface area (Å²) >= 11 is 12.5. The second-order valence-electron chi connectivity index (χ2n) is 18.4. The third-order valence-electron chi connectivity index (χ3n) is 14.7. The monoisotopic (exact) mass is 915 g/mol. The Labute approximate surface area is 384 Å². The van der Waals surface area contributed by atoms with Crippen molar-refractivity contribution in [1.29, 1.82) is 0 Å². The van der Waals surface area contributed by atoms with Crippen LogP contribution in [0, 0.1) is 5.41 Å². The fourth-order valence-electron chi connectivity index (χ4n) is 10.9. The molecule has 6 heterocycles. The molecule has 1 spiro atoms. The lowest BCUT2D eigenvalue weighted by Crippen LogP contribution is -2.59. The van der Waals surface area contributed by atoms with E-state index in [9.17, 15) is 24.0 Å². The van der Waals surface area contributed by atoms with Crippen molar-refractivity contribution in [2.24, 2.45) is 5.41 Å². The number of nitrogens with zero attached hydrogens (tertiary/aromatic N) is 8. The van der Waals surface area contributed by atoms with Gasteiger partial charge in [-0.25, -0.2) is 15.0 Å². The first kappa shape index (κ1) is 41.6. The van der Waals surface area contributed by atoms with E-state index in [1.165, 1.54) is 18.5 Å². The molecule has 65 heavy (non-hydrogen) atoms. The molecule has 2 aliphatic carbocycles. The quantitative estimate of drug-likeness (QED) is 0.148. The summed E-state index contributed by atoms with van der Waals surface area (Å²) in [5.74, 6) is -1.57. The highest BCUT2D eigenvalue weighted by Gasteiger charge is 2.49. The van der Waals surface area contributed by atoms with E-state index < -0.39 is 23.8 Å². The lowest BCUT2D eigenvalue weighted by Gasteiger charge is -2.56. The fraction of sp³-hybridized carbons (Fsp3) is 0.404. The topological polar surface area (TPSA) is 178 Å². The van der Waals surface area contributed by atoms with Gasteiger partial charge in [0.15, 0.2) is 17.0 Å². The minimum Gasteiger partial charge on any atom is -0.371 e. The smallest absolute Gasteiger partial charge is 0.262 e. The minimum absolute atomic E-state index is 0.0140. The predicted molar refractivity (Wildman–Crippen MR) is 245 cm³/mol. The third-order valence-corrected chi connectivity index (χ3v) is 15.3. The van der Waals surface area contributed by atoms with Gasteiger partial charge in [-0.3, -0.25) is 39.1 Å². The molecule has 3 saturated heterocycles. The van der Waals surface area contributed by atoms with Crippen LogP contribution >= 0.6 is 23.2 Å². The van der Waals surface area contributed by atoms with Crippen LogP contribution in [0.2, 0.25) is 10.0 Å². The normalized spacial score (nSPS) is 23.4. The number of rotatable bonds is 9. The molecule has 6 aliphatic rings. The first-order valence-electron chi connectivity index (χ1n) is 22.4. The highest BCUT2D eigenvalue weighted by atomic mass is 35.5. The number of amides is 5. The molecule has 18 heteroatoms. The molecule has 3 aromatic carbocycles. The number of aromatic nitrogens is 4. The molecule has 5 aromatic rings. The Bertz CT molecular complexity index is 2730. The van der Waals surface area contributed by atoms with Crippen LogP contribution in [0.25, 0.3) is 11.2 Å². The van der Waals surface area contributed by atoms with Gasteiger partial charge in [-0.15, -0.1) is 0 Å². The largest absolute Gasteiger partial charge is 0.371 e. The minimum atomic E-state index is -0.966. The summed E-state index contributed by atoms with van der Waals surface area (Å²) in [5.41, 5.74) is 5.71. The second-order valence-corrected chi connectivity index (χ2v) is 19.2. The number of hydrogen-bond acceptors (Lipinski definition) is 12. The van der Waals surface area contributed by atoms with Crippen LogP contribution in [0.4, 0.5) is 22.9 Å². The van der Waals surface area contributed by atoms with E-state index in [0.717, 1.165) is 86.9 Å². The molecule has 2 aromatic heterocycles. The molecule has 1 atom stereocenters. The van der Waals surface area contributed by atoms with Crippen molar-refractivity contribution >= 4 is 86.8 Å². The maximum atomic E-state index is 13.4. The Morgan fingerprint density at radius 2 is 1.46 bits per heavy atom. The van der Waals surface area contributed by atoms with E-state index in [0.29, 0.717) is 49.5 Å². The number of benzene rings is 3. The van der Waals surface area contributed by atoms with Gasteiger partial charge in [0.2, 0.25) is 11.8 Å². The highest BCUT2D eigenvalue weighted by Crippen LogP contribution is 2.52. The Kier molecular flexibility index (Phi) is 10.5. The summed E-state index contributed by atoms with van der Waals surface area (Å²) in [4.78, 5) is 85.8. The summed E-state index contributed by atoms with van der Waals surface area (Å²) in [7, 11) is 0. The second kappa shape index (κ2) is 16.4. The van der Waals surface area contributed by atoms with Gasteiger partial charge >= 0.3 is 0 Å². The van der Waals surface area contributed by atoms with Crippen molar-refractivity contribution in [3.63, 3.8) is 0 Å². The average Bonchev–Trinajstić information content (AvgIpc) is 3.82. The number of piperazine rings is 1. The van der Waals surface area contributed by atoms with E-state index in [1.807, 2.05) is 6.07 Å². The lowest BCUT2D eigenvalue weighted by atomic mass is 9.60. The third kappa shape index (κ3) is 7.54.